The Morgan fingerprint density at radius 2 is 2.19 bits per heavy atom. The third kappa shape index (κ3) is 3.17. The SMILES string of the molecule is CCC(=O)N1CCCc2cc(C(=O)Nc3nc4c(s3)CCC=C4)ccc21. The molecule has 2 aromatic rings. The van der Waals surface area contributed by atoms with E-state index >= 15 is 0 Å². The minimum absolute atomic E-state index is 0.129. The average Bonchev–Trinajstić information content (AvgIpc) is 3.08. The van der Waals surface area contributed by atoms with Crippen LogP contribution in [0.15, 0.2) is 24.3 Å². The van der Waals surface area contributed by atoms with Crippen LogP contribution < -0.4 is 10.2 Å². The van der Waals surface area contributed by atoms with Crippen molar-refractivity contribution in [2.45, 2.75) is 39.0 Å². The summed E-state index contributed by atoms with van der Waals surface area (Å²) in [5.74, 6) is -0.0219. The summed E-state index contributed by atoms with van der Waals surface area (Å²) in [5, 5.41) is 3.57. The Labute approximate surface area is 156 Å². The number of carbonyl (C=O) groups is 2. The van der Waals surface area contributed by atoms with E-state index in [1.54, 1.807) is 17.4 Å². The number of aryl methyl sites for hydroxylation is 2. The van der Waals surface area contributed by atoms with Crippen molar-refractivity contribution >= 4 is 40.0 Å². The van der Waals surface area contributed by atoms with Crippen LogP contribution in [0.5, 0.6) is 0 Å². The Bertz CT molecular complexity index is 900. The minimum Gasteiger partial charge on any atom is -0.312 e. The summed E-state index contributed by atoms with van der Waals surface area (Å²) >= 11 is 1.55. The Morgan fingerprint density at radius 1 is 1.31 bits per heavy atom. The molecule has 2 aliphatic rings. The van der Waals surface area contributed by atoms with Crippen LogP contribution in [-0.4, -0.2) is 23.3 Å². The fourth-order valence-electron chi connectivity index (χ4n) is 3.49. The Morgan fingerprint density at radius 3 is 3.00 bits per heavy atom. The second-order valence-corrected chi connectivity index (χ2v) is 7.65. The molecular weight excluding hydrogens is 346 g/mol. The molecule has 0 saturated carbocycles. The van der Waals surface area contributed by atoms with E-state index < -0.39 is 0 Å². The van der Waals surface area contributed by atoms with Gasteiger partial charge in [0.1, 0.15) is 0 Å². The predicted molar refractivity (Wildman–Crippen MR) is 105 cm³/mol. The van der Waals surface area contributed by atoms with E-state index in [0.29, 0.717) is 17.1 Å². The third-order valence-corrected chi connectivity index (χ3v) is 5.87. The van der Waals surface area contributed by atoms with Crippen LogP contribution in [0.4, 0.5) is 10.8 Å². The summed E-state index contributed by atoms with van der Waals surface area (Å²) < 4.78 is 0. The highest BCUT2D eigenvalue weighted by atomic mass is 32.1. The molecule has 0 fully saturated rings. The first kappa shape index (κ1) is 17.0. The Kier molecular flexibility index (Phi) is 4.59. The molecule has 0 saturated heterocycles. The van der Waals surface area contributed by atoms with Crippen LogP contribution >= 0.6 is 11.3 Å². The van der Waals surface area contributed by atoms with Crippen LogP contribution in [0.25, 0.3) is 6.08 Å². The van der Waals surface area contributed by atoms with Gasteiger partial charge < -0.3 is 4.90 Å². The molecule has 1 aromatic heterocycles. The molecular formula is C20H21N3O2S. The number of fused-ring (bicyclic) bond motifs is 2. The molecule has 1 aromatic carbocycles. The first-order chi connectivity index (χ1) is 12.7. The molecule has 0 spiro atoms. The molecule has 134 valence electrons. The number of allylic oxidation sites excluding steroid dienone is 1. The number of hydrogen-bond donors (Lipinski definition) is 1. The van der Waals surface area contributed by atoms with E-state index in [1.165, 1.54) is 4.88 Å². The van der Waals surface area contributed by atoms with Crippen molar-refractivity contribution in [3.8, 4) is 0 Å². The number of rotatable bonds is 3. The molecule has 6 heteroatoms. The second-order valence-electron chi connectivity index (χ2n) is 6.57. The van der Waals surface area contributed by atoms with Crippen molar-refractivity contribution in [3.05, 3.63) is 46.0 Å². The average molecular weight is 367 g/mol. The summed E-state index contributed by atoms with van der Waals surface area (Å²) in [5.41, 5.74) is 3.58. The van der Waals surface area contributed by atoms with Crippen LogP contribution in [0, 0.1) is 0 Å². The number of nitrogens with zero attached hydrogens (tertiary/aromatic N) is 2. The summed E-state index contributed by atoms with van der Waals surface area (Å²) in [6, 6.07) is 5.60. The van der Waals surface area contributed by atoms with Gasteiger partial charge in [-0.1, -0.05) is 13.0 Å². The van der Waals surface area contributed by atoms with Crippen molar-refractivity contribution < 1.29 is 9.59 Å². The first-order valence-corrected chi connectivity index (χ1v) is 9.88. The molecule has 0 atom stereocenters. The molecule has 4 rings (SSSR count). The number of nitrogens with one attached hydrogen (secondary N) is 1. The predicted octanol–water partition coefficient (Wildman–Crippen LogP) is 4.04. The van der Waals surface area contributed by atoms with E-state index in [-0.39, 0.29) is 11.8 Å². The molecule has 0 radical (unpaired) electrons. The summed E-state index contributed by atoms with van der Waals surface area (Å²) in [4.78, 5) is 32.3. The van der Waals surface area contributed by atoms with E-state index in [1.807, 2.05) is 30.0 Å². The molecule has 2 amide bonds. The van der Waals surface area contributed by atoms with E-state index in [0.717, 1.165) is 49.2 Å². The molecule has 2 heterocycles. The molecule has 0 bridgehead atoms. The molecule has 1 aliphatic heterocycles. The zero-order valence-corrected chi connectivity index (χ0v) is 15.6. The van der Waals surface area contributed by atoms with Gasteiger partial charge in [0.05, 0.1) is 5.69 Å². The lowest BCUT2D eigenvalue weighted by atomic mass is 9.98. The van der Waals surface area contributed by atoms with Crippen LogP contribution in [0.3, 0.4) is 0 Å². The van der Waals surface area contributed by atoms with Crippen molar-refractivity contribution in [2.75, 3.05) is 16.8 Å². The lowest BCUT2D eigenvalue weighted by Gasteiger charge is -2.29. The van der Waals surface area contributed by atoms with Gasteiger partial charge in [0.25, 0.3) is 5.91 Å². The van der Waals surface area contributed by atoms with Crippen LogP contribution in [-0.2, 0) is 17.6 Å². The highest BCUT2D eigenvalue weighted by molar-refractivity contribution is 7.16. The fourth-order valence-corrected chi connectivity index (χ4v) is 4.45. The van der Waals surface area contributed by atoms with Crippen molar-refractivity contribution in [2.24, 2.45) is 0 Å². The lowest BCUT2D eigenvalue weighted by molar-refractivity contribution is -0.118. The Hall–Kier alpha value is -2.47. The smallest absolute Gasteiger partial charge is 0.257 e. The largest absolute Gasteiger partial charge is 0.312 e. The van der Waals surface area contributed by atoms with Crippen molar-refractivity contribution in [1.29, 1.82) is 0 Å². The van der Waals surface area contributed by atoms with E-state index in [4.69, 9.17) is 0 Å². The lowest BCUT2D eigenvalue weighted by Crippen LogP contribution is -2.35. The summed E-state index contributed by atoms with van der Waals surface area (Å²) in [6.07, 6.45) is 8.45. The van der Waals surface area contributed by atoms with Crippen LogP contribution in [0.1, 0.15) is 52.7 Å². The molecule has 0 unspecified atom stereocenters. The number of carbonyl (C=O) groups excluding carboxylic acids is 2. The van der Waals surface area contributed by atoms with Crippen molar-refractivity contribution in [3.63, 3.8) is 0 Å². The van der Waals surface area contributed by atoms with Gasteiger partial charge in [-0.2, -0.15) is 0 Å². The Balaban J connectivity index is 1.54. The second kappa shape index (κ2) is 7.03. The number of hydrogen-bond acceptors (Lipinski definition) is 4. The van der Waals surface area contributed by atoms with Gasteiger partial charge in [0.15, 0.2) is 5.13 Å². The molecule has 1 N–H and O–H groups in total. The maximum absolute atomic E-state index is 12.6. The first-order valence-electron chi connectivity index (χ1n) is 9.06. The number of amides is 2. The summed E-state index contributed by atoms with van der Waals surface area (Å²) in [6.45, 7) is 2.63. The highest BCUT2D eigenvalue weighted by Gasteiger charge is 2.23. The van der Waals surface area contributed by atoms with Gasteiger partial charge in [-0.15, -0.1) is 11.3 Å². The van der Waals surface area contributed by atoms with E-state index in [2.05, 4.69) is 16.4 Å². The van der Waals surface area contributed by atoms with Gasteiger partial charge in [-0.05, 0) is 55.5 Å². The number of benzene rings is 1. The zero-order chi connectivity index (χ0) is 18.1. The quantitative estimate of drug-likeness (QED) is 0.890. The van der Waals surface area contributed by atoms with Crippen molar-refractivity contribution in [1.82, 2.24) is 4.98 Å². The fraction of sp³-hybridized carbons (Fsp3) is 0.350. The van der Waals surface area contributed by atoms with Gasteiger partial charge >= 0.3 is 0 Å². The number of anilines is 2. The topological polar surface area (TPSA) is 62.3 Å². The maximum atomic E-state index is 12.6. The summed E-state index contributed by atoms with van der Waals surface area (Å²) in [7, 11) is 0. The molecule has 5 nitrogen and oxygen atoms in total. The number of aromatic nitrogens is 1. The minimum atomic E-state index is -0.151. The highest BCUT2D eigenvalue weighted by Crippen LogP contribution is 2.31. The monoisotopic (exact) mass is 367 g/mol. The zero-order valence-electron chi connectivity index (χ0n) is 14.7. The van der Waals surface area contributed by atoms with Gasteiger partial charge in [-0.3, -0.25) is 14.9 Å². The number of thiazole rings is 1. The van der Waals surface area contributed by atoms with Gasteiger partial charge in [0.2, 0.25) is 5.91 Å². The van der Waals surface area contributed by atoms with Gasteiger partial charge in [0, 0.05) is 29.1 Å². The van der Waals surface area contributed by atoms with Gasteiger partial charge in [-0.25, -0.2) is 4.98 Å². The normalized spacial score (nSPS) is 15.3. The molecule has 26 heavy (non-hydrogen) atoms. The molecule has 1 aliphatic carbocycles. The standard InChI is InChI=1S/C20H21N3O2S/c1-2-18(24)23-11-5-6-13-12-14(9-10-16(13)23)19(25)22-20-21-15-7-3-4-8-17(15)26-20/h3,7,9-10,12H,2,4-6,8,11H2,1H3,(H,21,22,25). The van der Waals surface area contributed by atoms with Crippen LogP contribution in [0.2, 0.25) is 0 Å². The van der Waals surface area contributed by atoms with E-state index in [9.17, 15) is 9.59 Å². The third-order valence-electron chi connectivity index (χ3n) is 4.83. The maximum Gasteiger partial charge on any atom is 0.257 e.